The Bertz CT molecular complexity index is 3770. The van der Waals surface area contributed by atoms with Crippen molar-refractivity contribution in [3.05, 3.63) is 171 Å². The molecule has 7 heteroatoms. The van der Waals surface area contributed by atoms with Crippen molar-refractivity contribution in [1.82, 2.24) is 0 Å². The van der Waals surface area contributed by atoms with Gasteiger partial charge >= 0.3 is 0 Å². The Kier molecular flexibility index (Phi) is 10.4. The van der Waals surface area contributed by atoms with Crippen molar-refractivity contribution in [2.75, 3.05) is 9.80 Å². The molecule has 356 valence electrons. The maximum atomic E-state index is 2.72. The third-order valence-electron chi connectivity index (χ3n) is 15.7. The van der Waals surface area contributed by atoms with Crippen molar-refractivity contribution in [1.29, 1.82) is 0 Å². The molecule has 0 bridgehead atoms. The molecule has 2 aliphatic heterocycles. The number of hydrogen-bond donors (Lipinski definition) is 0. The predicted octanol–water partition coefficient (Wildman–Crippen LogP) is 18.9. The zero-order chi connectivity index (χ0) is 49.9. The summed E-state index contributed by atoms with van der Waals surface area (Å²) in [6.45, 7) is 28.3. The highest BCUT2D eigenvalue weighted by atomic mass is 32.1. The summed E-state index contributed by atoms with van der Waals surface area (Å²) in [6, 6.07) is 47.5. The van der Waals surface area contributed by atoms with Crippen LogP contribution in [0.4, 0.5) is 32.8 Å². The van der Waals surface area contributed by atoms with Gasteiger partial charge < -0.3 is 9.80 Å². The van der Waals surface area contributed by atoms with Gasteiger partial charge in [0.25, 0.3) is 6.71 Å². The monoisotopic (exact) mass is 1010 g/mol. The minimum Gasteiger partial charge on any atom is -0.302 e. The molecule has 0 spiro atoms. The van der Waals surface area contributed by atoms with Crippen LogP contribution in [0.5, 0.6) is 0 Å². The van der Waals surface area contributed by atoms with E-state index in [9.17, 15) is 0 Å². The quantitative estimate of drug-likeness (QED) is 0.159. The van der Waals surface area contributed by atoms with Crippen molar-refractivity contribution in [3.63, 3.8) is 0 Å². The van der Waals surface area contributed by atoms with E-state index in [1.165, 1.54) is 151 Å². The highest BCUT2D eigenvalue weighted by Gasteiger charge is 2.48. The second kappa shape index (κ2) is 16.3. The molecule has 0 saturated heterocycles. The van der Waals surface area contributed by atoms with Gasteiger partial charge in [0.15, 0.2) is 0 Å². The number of anilines is 6. The van der Waals surface area contributed by atoms with E-state index in [1.807, 2.05) is 45.3 Å². The van der Waals surface area contributed by atoms with E-state index in [2.05, 4.69) is 225 Å². The fourth-order valence-corrected chi connectivity index (χ4v) is 16.5. The molecule has 72 heavy (non-hydrogen) atoms. The summed E-state index contributed by atoms with van der Waals surface area (Å²) in [4.78, 5) is 5.45. The number of benzene rings is 7. The molecule has 2 aliphatic rings. The van der Waals surface area contributed by atoms with Gasteiger partial charge in [0.2, 0.25) is 0 Å². The summed E-state index contributed by atoms with van der Waals surface area (Å²) >= 11 is 7.64. The topological polar surface area (TPSA) is 6.48 Å². The van der Waals surface area contributed by atoms with Gasteiger partial charge in [-0.3, -0.25) is 0 Å². The van der Waals surface area contributed by atoms with Crippen molar-refractivity contribution in [3.8, 4) is 22.3 Å². The largest absolute Gasteiger partial charge is 0.302 e. The van der Waals surface area contributed by atoms with E-state index in [1.54, 1.807) is 0 Å². The number of hydrogen-bond acceptors (Lipinski definition) is 6. The lowest BCUT2D eigenvalue weighted by Crippen LogP contribution is -2.60. The third-order valence-corrected chi connectivity index (χ3v) is 20.0. The fourth-order valence-electron chi connectivity index (χ4n) is 12.1. The summed E-state index contributed by atoms with van der Waals surface area (Å²) in [6.07, 6.45) is 0. The average molecular weight is 1010 g/mol. The molecule has 0 atom stereocenters. The number of fused-ring (bicyclic) bond motifs is 10. The average Bonchev–Trinajstić information content (AvgIpc) is 4.14. The van der Waals surface area contributed by atoms with E-state index in [0.29, 0.717) is 5.92 Å². The van der Waals surface area contributed by atoms with E-state index in [0.717, 1.165) is 0 Å². The molecular formula is C65H59BN2S4. The van der Waals surface area contributed by atoms with Crippen LogP contribution in [-0.4, -0.2) is 6.71 Å². The first-order valence-corrected chi connectivity index (χ1v) is 28.9. The van der Waals surface area contributed by atoms with Crippen molar-refractivity contribution < 1.29 is 0 Å². The van der Waals surface area contributed by atoms with E-state index >= 15 is 0 Å². The number of thiophene rings is 4. The van der Waals surface area contributed by atoms with Gasteiger partial charge in [-0.15, -0.1) is 45.3 Å². The maximum absolute atomic E-state index is 2.72. The highest BCUT2D eigenvalue weighted by molar-refractivity contribution is 7.29. The molecular weight excluding hydrogens is 948 g/mol. The van der Waals surface area contributed by atoms with E-state index < -0.39 is 0 Å². The van der Waals surface area contributed by atoms with Crippen LogP contribution in [-0.2, 0) is 10.8 Å². The molecule has 0 N–H and O–H groups in total. The van der Waals surface area contributed by atoms with Crippen molar-refractivity contribution >= 4 is 142 Å². The molecule has 0 unspecified atom stereocenters. The van der Waals surface area contributed by atoms with Gasteiger partial charge in [0.1, 0.15) is 0 Å². The zero-order valence-electron chi connectivity index (χ0n) is 43.4. The first-order chi connectivity index (χ1) is 34.4. The maximum Gasteiger partial charge on any atom is 0.256 e. The van der Waals surface area contributed by atoms with E-state index in [4.69, 9.17) is 0 Å². The Labute approximate surface area is 441 Å². The lowest BCUT2D eigenvalue weighted by atomic mass is 9.33. The van der Waals surface area contributed by atoms with E-state index in [-0.39, 0.29) is 17.5 Å². The molecule has 2 nitrogen and oxygen atoms in total. The van der Waals surface area contributed by atoms with Crippen LogP contribution in [0.2, 0.25) is 0 Å². The minimum atomic E-state index is -0.0107. The first kappa shape index (κ1) is 45.9. The molecule has 0 amide bonds. The molecule has 7 aromatic carbocycles. The number of rotatable bonds is 5. The van der Waals surface area contributed by atoms with Gasteiger partial charge in [-0.2, -0.15) is 0 Å². The van der Waals surface area contributed by atoms with Gasteiger partial charge in [-0.1, -0.05) is 116 Å². The molecule has 0 fully saturated rings. The van der Waals surface area contributed by atoms with Crippen molar-refractivity contribution in [2.45, 2.75) is 99.8 Å². The number of aryl methyl sites for hydroxylation is 4. The SMILES string of the molecule is Cc1cc(-c2csc3ccccc23)cc(C)c1N1c2cc(C(C)C)cc3c2B(c2c1sc1ccc(C(C)(C)C)cc21)c1c(sc2ccc(C(C)(C)C)cc12)N3c1c(C)cc(-c2csc3ccccc23)cc1C. The van der Waals surface area contributed by atoms with Gasteiger partial charge in [-0.25, -0.2) is 0 Å². The minimum absolute atomic E-state index is 0.00996. The first-order valence-electron chi connectivity index (χ1n) is 25.5. The molecule has 0 saturated carbocycles. The molecule has 13 rings (SSSR count). The normalized spacial score (nSPS) is 13.6. The predicted molar refractivity (Wildman–Crippen MR) is 323 cm³/mol. The van der Waals surface area contributed by atoms with Crippen LogP contribution < -0.4 is 26.2 Å². The number of nitrogens with zero attached hydrogens (tertiary/aromatic N) is 2. The summed E-state index contributed by atoms with van der Waals surface area (Å²) in [5.41, 5.74) is 23.9. The van der Waals surface area contributed by atoms with Crippen molar-refractivity contribution in [2.24, 2.45) is 0 Å². The van der Waals surface area contributed by atoms with Gasteiger partial charge in [-0.05, 0) is 193 Å². The lowest BCUT2D eigenvalue weighted by molar-refractivity contribution is 0.591. The Morgan fingerprint density at radius 2 is 0.847 bits per heavy atom. The fraction of sp³-hybridized carbons (Fsp3) is 0.231. The second-order valence-electron chi connectivity index (χ2n) is 23.0. The van der Waals surface area contributed by atoms with Crippen LogP contribution in [0.15, 0.2) is 132 Å². The Hall–Kier alpha value is -5.96. The highest BCUT2D eigenvalue weighted by Crippen LogP contribution is 2.54. The third kappa shape index (κ3) is 6.90. The molecule has 0 aliphatic carbocycles. The smallest absolute Gasteiger partial charge is 0.256 e. The lowest BCUT2D eigenvalue weighted by Gasteiger charge is -2.44. The Balaban J connectivity index is 1.14. The molecule has 0 radical (unpaired) electrons. The molecule has 4 aromatic heterocycles. The molecule has 11 aromatic rings. The van der Waals surface area contributed by atoms with Crippen LogP contribution >= 0.6 is 45.3 Å². The van der Waals surface area contributed by atoms with Crippen LogP contribution in [0.3, 0.4) is 0 Å². The van der Waals surface area contributed by atoms with Gasteiger partial charge in [0.05, 0.1) is 21.4 Å². The summed E-state index contributed by atoms with van der Waals surface area (Å²) < 4.78 is 5.34. The summed E-state index contributed by atoms with van der Waals surface area (Å²) in [5.74, 6) is 0.304. The summed E-state index contributed by atoms with van der Waals surface area (Å²) in [7, 11) is 0. The van der Waals surface area contributed by atoms with Gasteiger partial charge in [0, 0.05) is 52.1 Å². The van der Waals surface area contributed by atoms with Crippen LogP contribution in [0.25, 0.3) is 62.6 Å². The van der Waals surface area contributed by atoms with Crippen LogP contribution in [0, 0.1) is 27.7 Å². The molecule has 6 heterocycles. The Morgan fingerprint density at radius 3 is 1.24 bits per heavy atom. The van der Waals surface area contributed by atoms with Crippen LogP contribution in [0.1, 0.15) is 100 Å². The second-order valence-corrected chi connectivity index (χ2v) is 26.9. The Morgan fingerprint density at radius 1 is 0.444 bits per heavy atom. The zero-order valence-corrected chi connectivity index (χ0v) is 46.6. The standard InChI is InChI=1S/C65H59BN2S4/c1-35(2)40-29-51-59-52(30-40)68(61-38(5)27-42(28-39(61)6)50-34-70-54-20-16-14-18-46(50)54)63-58(48-32-44(65(10,11)12)22-24-56(48)72-63)66(59)57-47-31-43(64(7,8)9)21-23-55(47)71-62(57)67(51)60-36(3)25-41(26-37(60)4)49-33-69-53-19-15-13-17-45(49)53/h13-35H,1-12H3. The summed E-state index contributed by atoms with van der Waals surface area (Å²) in [5, 5.41) is 12.8.